The van der Waals surface area contributed by atoms with Gasteiger partial charge in [-0.25, -0.2) is 10.9 Å². The van der Waals surface area contributed by atoms with Gasteiger partial charge in [-0.1, -0.05) is 53.6 Å². The van der Waals surface area contributed by atoms with Crippen LogP contribution in [0.15, 0.2) is 72.8 Å². The molecule has 2 aliphatic heterocycles. The van der Waals surface area contributed by atoms with Crippen LogP contribution in [0.25, 0.3) is 0 Å². The Morgan fingerprint density at radius 3 is 2.31 bits per heavy atom. The van der Waals surface area contributed by atoms with E-state index in [0.29, 0.717) is 10.7 Å². The highest BCUT2D eigenvalue weighted by molar-refractivity contribution is 6.30. The molecule has 4 unspecified atom stereocenters. The Hall–Kier alpha value is -3.26. The molecule has 0 spiro atoms. The number of nitrogens with one attached hydrogen (secondary N) is 2. The Bertz CT molecular complexity index is 1180. The smallest absolute Gasteiger partial charge is 0.269 e. The number of carbonyl (C=O) groups is 1. The first-order valence-electron chi connectivity index (χ1n) is 10.3. The number of rotatable bonds is 4. The number of benzene rings is 3. The van der Waals surface area contributed by atoms with Gasteiger partial charge in [0.15, 0.2) is 0 Å². The first-order chi connectivity index (χ1) is 15.4. The van der Waals surface area contributed by atoms with Gasteiger partial charge in [0.1, 0.15) is 6.04 Å². The molecule has 3 aromatic rings. The van der Waals surface area contributed by atoms with Crippen molar-refractivity contribution < 1.29 is 9.72 Å². The molecule has 32 heavy (non-hydrogen) atoms. The molecule has 2 saturated heterocycles. The quantitative estimate of drug-likeness (QED) is 0.454. The third-order valence-corrected chi connectivity index (χ3v) is 6.53. The molecule has 2 N–H and O–H groups in total. The molecule has 5 rings (SSSR count). The number of non-ortho nitro benzene ring substituents is 1. The number of aryl methyl sites for hydroxylation is 1. The van der Waals surface area contributed by atoms with Gasteiger partial charge in [0.2, 0.25) is 5.91 Å². The second-order valence-corrected chi connectivity index (χ2v) is 8.65. The van der Waals surface area contributed by atoms with Crippen LogP contribution in [0.1, 0.15) is 28.8 Å². The number of fused-ring (bicyclic) bond motifs is 1. The van der Waals surface area contributed by atoms with Crippen molar-refractivity contribution in [2.24, 2.45) is 5.92 Å². The van der Waals surface area contributed by atoms with Crippen LogP contribution in [0.2, 0.25) is 5.02 Å². The molecule has 4 atom stereocenters. The first-order valence-corrected chi connectivity index (χ1v) is 10.7. The summed E-state index contributed by atoms with van der Waals surface area (Å²) in [6, 6.07) is 20.8. The van der Waals surface area contributed by atoms with E-state index in [1.54, 1.807) is 41.3 Å². The van der Waals surface area contributed by atoms with E-state index in [9.17, 15) is 14.9 Å². The lowest BCUT2D eigenvalue weighted by Crippen LogP contribution is -2.41. The molecule has 2 heterocycles. The molecule has 0 bridgehead atoms. The molecule has 0 saturated carbocycles. The predicted octanol–water partition coefficient (Wildman–Crippen LogP) is 4.48. The number of amides is 1. The molecule has 1 amide bonds. The zero-order valence-corrected chi connectivity index (χ0v) is 18.0. The molecule has 0 aromatic heterocycles. The van der Waals surface area contributed by atoms with E-state index in [1.165, 1.54) is 6.07 Å². The molecular weight excluding hydrogens is 428 g/mol. The van der Waals surface area contributed by atoms with E-state index in [-0.39, 0.29) is 23.6 Å². The van der Waals surface area contributed by atoms with Crippen molar-refractivity contribution >= 4 is 28.9 Å². The summed E-state index contributed by atoms with van der Waals surface area (Å²) in [5, 5.41) is 12.0. The van der Waals surface area contributed by atoms with Crippen LogP contribution in [0, 0.1) is 23.0 Å². The summed E-state index contributed by atoms with van der Waals surface area (Å²) >= 11 is 6.07. The van der Waals surface area contributed by atoms with Crippen LogP contribution in [0.3, 0.4) is 0 Å². The van der Waals surface area contributed by atoms with Crippen LogP contribution in [0.5, 0.6) is 0 Å². The number of nitrogens with zero attached hydrogens (tertiary/aromatic N) is 2. The molecular formula is C24H21ClN4O3. The Morgan fingerprint density at radius 1 is 0.938 bits per heavy atom. The molecule has 162 valence electrons. The SMILES string of the molecule is Cc1ccc(C2NNC3C(=O)N(c4ccc(Cl)cc4)C(c4cccc([N+](=O)[O-])c4)C32)cc1. The number of nitro benzene ring substituents is 1. The van der Waals surface area contributed by atoms with Crippen molar-refractivity contribution in [3.05, 3.63) is 105 Å². The summed E-state index contributed by atoms with van der Waals surface area (Å²) in [5.41, 5.74) is 10.1. The van der Waals surface area contributed by atoms with E-state index in [0.717, 1.165) is 16.7 Å². The Balaban J connectivity index is 1.64. The van der Waals surface area contributed by atoms with Crippen molar-refractivity contribution in [3.63, 3.8) is 0 Å². The number of anilines is 1. The van der Waals surface area contributed by atoms with Gasteiger partial charge in [0.05, 0.1) is 17.0 Å². The average Bonchev–Trinajstić information content (AvgIpc) is 3.34. The van der Waals surface area contributed by atoms with Crippen molar-refractivity contribution in [2.45, 2.75) is 25.0 Å². The minimum atomic E-state index is -0.471. The maximum absolute atomic E-state index is 13.6. The fourth-order valence-corrected chi connectivity index (χ4v) is 4.90. The lowest BCUT2D eigenvalue weighted by atomic mass is 9.83. The minimum Gasteiger partial charge on any atom is -0.303 e. The highest BCUT2D eigenvalue weighted by atomic mass is 35.5. The van der Waals surface area contributed by atoms with E-state index < -0.39 is 17.0 Å². The van der Waals surface area contributed by atoms with Crippen molar-refractivity contribution in [1.82, 2.24) is 10.9 Å². The Kier molecular flexibility index (Phi) is 5.17. The maximum atomic E-state index is 13.6. The van der Waals surface area contributed by atoms with Gasteiger partial charge in [-0.3, -0.25) is 14.9 Å². The zero-order valence-electron chi connectivity index (χ0n) is 17.2. The lowest BCUT2D eigenvalue weighted by Gasteiger charge is -2.31. The topological polar surface area (TPSA) is 87.5 Å². The second-order valence-electron chi connectivity index (χ2n) is 8.21. The van der Waals surface area contributed by atoms with Crippen LogP contribution >= 0.6 is 11.6 Å². The highest BCUT2D eigenvalue weighted by Gasteiger charge is 2.56. The van der Waals surface area contributed by atoms with E-state index >= 15 is 0 Å². The fourth-order valence-electron chi connectivity index (χ4n) is 4.78. The van der Waals surface area contributed by atoms with Crippen molar-refractivity contribution in [1.29, 1.82) is 0 Å². The third kappa shape index (κ3) is 3.44. The van der Waals surface area contributed by atoms with Gasteiger partial charge in [0.25, 0.3) is 5.69 Å². The monoisotopic (exact) mass is 448 g/mol. The highest BCUT2D eigenvalue weighted by Crippen LogP contribution is 2.49. The normalized spacial score (nSPS) is 24.6. The summed E-state index contributed by atoms with van der Waals surface area (Å²) in [4.78, 5) is 26.3. The lowest BCUT2D eigenvalue weighted by molar-refractivity contribution is -0.384. The number of nitro groups is 1. The van der Waals surface area contributed by atoms with Gasteiger partial charge in [-0.2, -0.15) is 0 Å². The van der Waals surface area contributed by atoms with E-state index in [1.807, 2.05) is 25.1 Å². The van der Waals surface area contributed by atoms with Crippen LogP contribution in [-0.4, -0.2) is 16.9 Å². The standard InChI is InChI=1S/C24H21ClN4O3/c1-14-5-7-15(8-6-14)21-20-22(27-26-21)24(30)28(18-11-9-17(25)10-12-18)23(20)16-3-2-4-19(13-16)29(31)32/h2-13,20-23,26-27H,1H3. The summed E-state index contributed by atoms with van der Waals surface area (Å²) in [7, 11) is 0. The van der Waals surface area contributed by atoms with Crippen LogP contribution < -0.4 is 15.8 Å². The molecule has 8 heteroatoms. The van der Waals surface area contributed by atoms with E-state index in [2.05, 4.69) is 23.0 Å². The predicted molar refractivity (Wildman–Crippen MR) is 122 cm³/mol. The summed E-state index contributed by atoms with van der Waals surface area (Å²) in [6.07, 6.45) is 0. The number of hydrogen-bond acceptors (Lipinski definition) is 5. The van der Waals surface area contributed by atoms with Gasteiger partial charge in [-0.15, -0.1) is 0 Å². The third-order valence-electron chi connectivity index (χ3n) is 6.27. The number of halogens is 1. The van der Waals surface area contributed by atoms with Crippen LogP contribution in [-0.2, 0) is 4.79 Å². The summed E-state index contributed by atoms with van der Waals surface area (Å²) in [6.45, 7) is 2.03. The largest absolute Gasteiger partial charge is 0.303 e. The molecule has 0 radical (unpaired) electrons. The molecule has 2 fully saturated rings. The molecule has 2 aliphatic rings. The van der Waals surface area contributed by atoms with Crippen molar-refractivity contribution in [2.75, 3.05) is 4.90 Å². The van der Waals surface area contributed by atoms with Gasteiger partial charge >= 0.3 is 0 Å². The van der Waals surface area contributed by atoms with Crippen molar-refractivity contribution in [3.8, 4) is 0 Å². The van der Waals surface area contributed by atoms with Gasteiger partial charge in [-0.05, 0) is 42.3 Å². The fraction of sp³-hybridized carbons (Fsp3) is 0.208. The summed E-state index contributed by atoms with van der Waals surface area (Å²) < 4.78 is 0. The Labute approximate surface area is 190 Å². The summed E-state index contributed by atoms with van der Waals surface area (Å²) in [5.74, 6) is -0.265. The van der Waals surface area contributed by atoms with E-state index in [4.69, 9.17) is 11.6 Å². The second kappa shape index (κ2) is 8.02. The number of hydrazine groups is 1. The maximum Gasteiger partial charge on any atom is 0.269 e. The molecule has 0 aliphatic carbocycles. The van der Waals surface area contributed by atoms with Gasteiger partial charge < -0.3 is 4.90 Å². The van der Waals surface area contributed by atoms with Crippen LogP contribution in [0.4, 0.5) is 11.4 Å². The molecule has 3 aromatic carbocycles. The Morgan fingerprint density at radius 2 is 1.62 bits per heavy atom. The molecule has 7 nitrogen and oxygen atoms in total. The number of carbonyl (C=O) groups excluding carboxylic acids is 1. The zero-order chi connectivity index (χ0) is 22.4. The van der Waals surface area contributed by atoms with Gasteiger partial charge in [0, 0.05) is 28.8 Å². The number of hydrogen-bond donors (Lipinski definition) is 2. The average molecular weight is 449 g/mol. The first kappa shape index (κ1) is 20.6. The minimum absolute atomic E-state index is 0.000237.